The Morgan fingerprint density at radius 1 is 1.40 bits per heavy atom. The molecule has 154 valence electrons. The van der Waals surface area contributed by atoms with E-state index >= 15 is 0 Å². The summed E-state index contributed by atoms with van der Waals surface area (Å²) in [5, 5.41) is 17.6. The maximum Gasteiger partial charge on any atom is 0.319 e. The Balaban J connectivity index is 1.94. The first kappa shape index (κ1) is 21.5. The van der Waals surface area contributed by atoms with Crippen LogP contribution in [0, 0.1) is 24.2 Å². The average molecular weight is 443 g/mol. The molecule has 3 rings (SSSR count). The van der Waals surface area contributed by atoms with Crippen molar-refractivity contribution in [3.63, 3.8) is 0 Å². The highest BCUT2D eigenvalue weighted by molar-refractivity contribution is 8.03. The van der Waals surface area contributed by atoms with Gasteiger partial charge in [0.1, 0.15) is 5.92 Å². The molecule has 0 spiro atoms. The summed E-state index contributed by atoms with van der Waals surface area (Å²) < 4.78 is 4.83. The van der Waals surface area contributed by atoms with Gasteiger partial charge in [0.2, 0.25) is 11.8 Å². The molecule has 2 heterocycles. The molecule has 0 fully saturated rings. The van der Waals surface area contributed by atoms with E-state index < -0.39 is 23.7 Å². The molecule has 2 aromatic rings. The molecule has 0 saturated carbocycles. The van der Waals surface area contributed by atoms with Gasteiger partial charge in [0.05, 0.1) is 29.5 Å². The number of aromatic nitrogens is 1. The summed E-state index contributed by atoms with van der Waals surface area (Å²) in [6, 6.07) is 9.37. The Morgan fingerprint density at radius 3 is 2.80 bits per heavy atom. The van der Waals surface area contributed by atoms with Gasteiger partial charge in [0.25, 0.3) is 0 Å². The lowest BCUT2D eigenvalue weighted by Gasteiger charge is -2.31. The van der Waals surface area contributed by atoms with Crippen molar-refractivity contribution in [3.8, 4) is 6.07 Å². The van der Waals surface area contributed by atoms with E-state index in [9.17, 15) is 19.6 Å². The molecule has 2 N–H and O–H groups in total. The van der Waals surface area contributed by atoms with Gasteiger partial charge in [-0.05, 0) is 18.1 Å². The van der Waals surface area contributed by atoms with Crippen LogP contribution in [0.2, 0.25) is 0 Å². The zero-order valence-electron chi connectivity index (χ0n) is 16.2. The van der Waals surface area contributed by atoms with Gasteiger partial charge in [-0.25, -0.2) is 4.98 Å². The van der Waals surface area contributed by atoms with E-state index in [1.807, 2.05) is 19.1 Å². The summed E-state index contributed by atoms with van der Waals surface area (Å²) in [7, 11) is 1.20. The number of thioether (sulfide) groups is 1. The van der Waals surface area contributed by atoms with Crippen LogP contribution in [0.15, 0.2) is 46.4 Å². The van der Waals surface area contributed by atoms with Gasteiger partial charge in [-0.1, -0.05) is 36.0 Å². The zero-order chi connectivity index (χ0) is 21.7. The van der Waals surface area contributed by atoms with Gasteiger partial charge in [0.15, 0.2) is 5.13 Å². The van der Waals surface area contributed by atoms with Crippen molar-refractivity contribution in [2.75, 3.05) is 18.2 Å². The number of ether oxygens (including phenoxy) is 1. The topological polar surface area (TPSA) is 121 Å². The maximum atomic E-state index is 12.8. The molecular formula is C20H18N4O4S2. The molecule has 8 nitrogen and oxygen atoms in total. The first-order chi connectivity index (χ1) is 14.5. The standard InChI is InChI=1S/C20H18N4O4S2/c1-11-5-3-4-6-12(11)15-13(9-21)18(24-17(26)16(15)19(27)28-2)30-10-14(25)23-20-22-7-8-29-20/h3-8,15-16H,10H2,1-2H3,(H,24,26)(H,22,23,25)/t15-,16+/m1/s1. The first-order valence-electron chi connectivity index (χ1n) is 8.87. The second kappa shape index (κ2) is 9.56. The predicted octanol–water partition coefficient (Wildman–Crippen LogP) is 2.56. The summed E-state index contributed by atoms with van der Waals surface area (Å²) in [6.07, 6.45) is 1.57. The fraction of sp³-hybridized carbons (Fsp3) is 0.250. The van der Waals surface area contributed by atoms with Crippen molar-refractivity contribution in [1.29, 1.82) is 5.26 Å². The van der Waals surface area contributed by atoms with Crippen LogP contribution < -0.4 is 10.6 Å². The molecule has 1 aromatic carbocycles. The largest absolute Gasteiger partial charge is 0.468 e. The first-order valence-corrected chi connectivity index (χ1v) is 10.7. The summed E-state index contributed by atoms with van der Waals surface area (Å²) in [4.78, 5) is 41.4. The number of allylic oxidation sites excluding steroid dienone is 1. The van der Waals surface area contributed by atoms with Crippen molar-refractivity contribution in [2.45, 2.75) is 12.8 Å². The Labute approximate surface area is 181 Å². The molecule has 1 aliphatic rings. The summed E-state index contributed by atoms with van der Waals surface area (Å²) in [5.74, 6) is -3.65. The van der Waals surface area contributed by atoms with Crippen molar-refractivity contribution in [1.82, 2.24) is 10.3 Å². The smallest absolute Gasteiger partial charge is 0.319 e. The van der Waals surface area contributed by atoms with E-state index in [1.165, 1.54) is 18.4 Å². The number of nitriles is 1. The maximum absolute atomic E-state index is 12.8. The van der Waals surface area contributed by atoms with Crippen LogP contribution in [-0.2, 0) is 19.1 Å². The lowest BCUT2D eigenvalue weighted by molar-refractivity contribution is -0.150. The number of hydrogen-bond acceptors (Lipinski definition) is 8. The quantitative estimate of drug-likeness (QED) is 0.521. The van der Waals surface area contributed by atoms with Gasteiger partial charge in [-0.3, -0.25) is 14.4 Å². The number of thiazole rings is 1. The molecule has 2 atom stereocenters. The number of nitrogens with one attached hydrogen (secondary N) is 2. The van der Waals surface area contributed by atoms with Crippen molar-refractivity contribution in [3.05, 3.63) is 57.6 Å². The number of amides is 2. The fourth-order valence-electron chi connectivity index (χ4n) is 3.17. The number of rotatable bonds is 6. The number of hydrogen-bond donors (Lipinski definition) is 2. The Morgan fingerprint density at radius 2 is 2.17 bits per heavy atom. The van der Waals surface area contributed by atoms with Gasteiger partial charge in [-0.15, -0.1) is 11.3 Å². The minimum absolute atomic E-state index is 0.0379. The van der Waals surface area contributed by atoms with Gasteiger partial charge in [0, 0.05) is 17.5 Å². The number of methoxy groups -OCH3 is 1. The van der Waals surface area contributed by atoms with Crippen LogP contribution >= 0.6 is 23.1 Å². The van der Waals surface area contributed by atoms with Gasteiger partial charge < -0.3 is 15.4 Å². The van der Waals surface area contributed by atoms with Crippen LogP contribution in [0.5, 0.6) is 0 Å². The van der Waals surface area contributed by atoms with E-state index in [0.29, 0.717) is 10.7 Å². The summed E-state index contributed by atoms with van der Waals surface area (Å²) in [5.41, 5.74) is 1.74. The lowest BCUT2D eigenvalue weighted by atomic mass is 9.77. The summed E-state index contributed by atoms with van der Waals surface area (Å²) in [6.45, 7) is 1.85. The molecule has 1 aromatic heterocycles. The average Bonchev–Trinajstić information content (AvgIpc) is 3.24. The molecule has 0 radical (unpaired) electrons. The third kappa shape index (κ3) is 4.53. The predicted molar refractivity (Wildman–Crippen MR) is 113 cm³/mol. The summed E-state index contributed by atoms with van der Waals surface area (Å²) >= 11 is 2.31. The molecule has 30 heavy (non-hydrogen) atoms. The van der Waals surface area contributed by atoms with E-state index in [1.54, 1.807) is 23.7 Å². The molecule has 2 amide bonds. The molecule has 1 aliphatic heterocycles. The van der Waals surface area contributed by atoms with E-state index in [-0.39, 0.29) is 22.3 Å². The SMILES string of the molecule is COC(=O)[C@@H]1C(=O)NC(SCC(=O)Nc2nccs2)=C(C#N)[C@H]1c1ccccc1C. The minimum Gasteiger partial charge on any atom is -0.468 e. The number of benzene rings is 1. The normalized spacial score (nSPS) is 18.4. The molecule has 0 unspecified atom stereocenters. The number of anilines is 1. The molecule has 0 bridgehead atoms. The lowest BCUT2D eigenvalue weighted by Crippen LogP contribution is -2.44. The van der Waals surface area contributed by atoms with Crippen molar-refractivity contribution < 1.29 is 19.1 Å². The van der Waals surface area contributed by atoms with Crippen LogP contribution in [0.4, 0.5) is 5.13 Å². The highest BCUT2D eigenvalue weighted by atomic mass is 32.2. The number of aryl methyl sites for hydroxylation is 1. The number of carbonyl (C=O) groups is 3. The second-order valence-corrected chi connectivity index (χ2v) is 8.23. The van der Waals surface area contributed by atoms with Crippen LogP contribution in [-0.4, -0.2) is 35.6 Å². The van der Waals surface area contributed by atoms with Crippen molar-refractivity contribution >= 4 is 46.0 Å². The van der Waals surface area contributed by atoms with Crippen LogP contribution in [0.1, 0.15) is 17.0 Å². The number of nitrogens with zero attached hydrogens (tertiary/aromatic N) is 2. The van der Waals surface area contributed by atoms with E-state index in [0.717, 1.165) is 17.3 Å². The highest BCUT2D eigenvalue weighted by Crippen LogP contribution is 2.41. The van der Waals surface area contributed by atoms with Gasteiger partial charge in [-0.2, -0.15) is 5.26 Å². The molecular weight excluding hydrogens is 424 g/mol. The third-order valence-corrected chi connectivity index (χ3v) is 6.24. The third-order valence-electron chi connectivity index (χ3n) is 4.53. The van der Waals surface area contributed by atoms with Gasteiger partial charge >= 0.3 is 5.97 Å². The van der Waals surface area contributed by atoms with E-state index in [2.05, 4.69) is 21.7 Å². The minimum atomic E-state index is -1.20. The number of carbonyl (C=O) groups excluding carboxylic acids is 3. The molecule has 0 aliphatic carbocycles. The van der Waals surface area contributed by atoms with E-state index in [4.69, 9.17) is 4.74 Å². The fourth-order valence-corrected chi connectivity index (χ4v) is 4.56. The highest BCUT2D eigenvalue weighted by Gasteiger charge is 2.44. The Kier molecular flexibility index (Phi) is 6.87. The molecule has 10 heteroatoms. The second-order valence-electron chi connectivity index (χ2n) is 6.35. The van der Waals surface area contributed by atoms with Crippen LogP contribution in [0.3, 0.4) is 0 Å². The van der Waals surface area contributed by atoms with Crippen LogP contribution in [0.25, 0.3) is 0 Å². The monoisotopic (exact) mass is 442 g/mol. The zero-order valence-corrected chi connectivity index (χ0v) is 17.8. The Hall–Kier alpha value is -3.16. The molecule has 0 saturated heterocycles. The van der Waals surface area contributed by atoms with Crippen molar-refractivity contribution in [2.24, 2.45) is 5.92 Å². The Bertz CT molecular complexity index is 1040. The number of esters is 1.